The third kappa shape index (κ3) is 4.87. The highest BCUT2D eigenvalue weighted by Crippen LogP contribution is 2.10. The Balaban J connectivity index is 2.63. The number of anilines is 1. The van der Waals surface area contributed by atoms with Crippen LogP contribution >= 0.6 is 0 Å². The second kappa shape index (κ2) is 6.88. The van der Waals surface area contributed by atoms with Gasteiger partial charge in [0.15, 0.2) is 0 Å². The molecule has 5 nitrogen and oxygen atoms in total. The average molecular weight is 281 g/mol. The Bertz CT molecular complexity index is 483. The van der Waals surface area contributed by atoms with Gasteiger partial charge in [0.2, 0.25) is 5.91 Å². The van der Waals surface area contributed by atoms with Crippen molar-refractivity contribution in [2.24, 2.45) is 5.92 Å². The first-order valence-electron chi connectivity index (χ1n) is 6.44. The molecule has 0 spiro atoms. The van der Waals surface area contributed by atoms with Gasteiger partial charge in [-0.05, 0) is 31.0 Å². The lowest BCUT2D eigenvalue weighted by Gasteiger charge is -2.15. The van der Waals surface area contributed by atoms with E-state index in [9.17, 15) is 14.0 Å². The molecule has 0 heterocycles. The van der Waals surface area contributed by atoms with Crippen molar-refractivity contribution >= 4 is 17.5 Å². The molecule has 4 N–H and O–H groups in total. The monoisotopic (exact) mass is 281 g/mol. The summed E-state index contributed by atoms with van der Waals surface area (Å²) in [5, 5.41) is 5.21. The summed E-state index contributed by atoms with van der Waals surface area (Å²) in [6.07, 6.45) is 0. The van der Waals surface area contributed by atoms with Gasteiger partial charge < -0.3 is 16.4 Å². The van der Waals surface area contributed by atoms with E-state index in [1.54, 1.807) is 6.92 Å². The van der Waals surface area contributed by atoms with Gasteiger partial charge in [0.25, 0.3) is 5.91 Å². The molecule has 1 aromatic carbocycles. The molecule has 20 heavy (non-hydrogen) atoms. The largest absolute Gasteiger partial charge is 0.399 e. The summed E-state index contributed by atoms with van der Waals surface area (Å²) in [7, 11) is 0. The third-order valence-corrected chi connectivity index (χ3v) is 2.61. The highest BCUT2D eigenvalue weighted by atomic mass is 19.1. The van der Waals surface area contributed by atoms with Crippen molar-refractivity contribution in [2.75, 3.05) is 12.3 Å². The molecular weight excluding hydrogens is 261 g/mol. The number of nitrogens with one attached hydrogen (secondary N) is 2. The van der Waals surface area contributed by atoms with E-state index in [4.69, 9.17) is 5.73 Å². The SMILES string of the molecule is CC(C)CNC(=O)C(C)NC(=O)c1cc(N)cc(F)c1. The lowest BCUT2D eigenvalue weighted by Crippen LogP contribution is -2.45. The van der Waals surface area contributed by atoms with Gasteiger partial charge in [-0.15, -0.1) is 0 Å². The van der Waals surface area contributed by atoms with Crippen LogP contribution < -0.4 is 16.4 Å². The zero-order valence-electron chi connectivity index (χ0n) is 11.9. The van der Waals surface area contributed by atoms with Gasteiger partial charge in [-0.3, -0.25) is 9.59 Å². The quantitative estimate of drug-likeness (QED) is 0.711. The standard InChI is InChI=1S/C14H20FN3O2/c1-8(2)7-17-13(19)9(3)18-14(20)10-4-11(15)6-12(16)5-10/h4-6,8-9H,7,16H2,1-3H3,(H,17,19)(H,18,20). The Morgan fingerprint density at radius 2 is 1.90 bits per heavy atom. The Kier molecular flexibility index (Phi) is 5.49. The maximum atomic E-state index is 13.2. The van der Waals surface area contributed by atoms with Crippen LogP contribution in [0.5, 0.6) is 0 Å². The lowest BCUT2D eigenvalue weighted by atomic mass is 10.1. The number of hydrogen-bond donors (Lipinski definition) is 3. The molecule has 0 aliphatic heterocycles. The Labute approximate surface area is 117 Å². The van der Waals surface area contributed by atoms with Crippen molar-refractivity contribution in [2.45, 2.75) is 26.8 Å². The first-order valence-corrected chi connectivity index (χ1v) is 6.44. The van der Waals surface area contributed by atoms with Crippen molar-refractivity contribution in [3.05, 3.63) is 29.6 Å². The van der Waals surface area contributed by atoms with Crippen LogP contribution in [0.15, 0.2) is 18.2 Å². The van der Waals surface area contributed by atoms with E-state index < -0.39 is 17.8 Å². The number of carbonyl (C=O) groups excluding carboxylic acids is 2. The maximum absolute atomic E-state index is 13.2. The van der Waals surface area contributed by atoms with Crippen LogP contribution in [0, 0.1) is 11.7 Å². The lowest BCUT2D eigenvalue weighted by molar-refractivity contribution is -0.122. The molecule has 6 heteroatoms. The summed E-state index contributed by atoms with van der Waals surface area (Å²) in [6, 6.07) is 2.85. The Morgan fingerprint density at radius 3 is 2.45 bits per heavy atom. The number of nitrogens with two attached hydrogens (primary N) is 1. The maximum Gasteiger partial charge on any atom is 0.252 e. The zero-order valence-corrected chi connectivity index (χ0v) is 11.9. The van der Waals surface area contributed by atoms with Crippen LogP contribution in [0.3, 0.4) is 0 Å². The normalized spacial score (nSPS) is 12.1. The summed E-state index contributed by atoms with van der Waals surface area (Å²) >= 11 is 0. The molecule has 1 rings (SSSR count). The number of carbonyl (C=O) groups is 2. The van der Waals surface area contributed by atoms with Gasteiger partial charge in [0, 0.05) is 17.8 Å². The summed E-state index contributed by atoms with van der Waals surface area (Å²) in [6.45, 7) is 6.04. The van der Waals surface area contributed by atoms with E-state index in [-0.39, 0.29) is 17.2 Å². The van der Waals surface area contributed by atoms with Gasteiger partial charge in [-0.25, -0.2) is 4.39 Å². The molecular formula is C14H20FN3O2. The fourth-order valence-corrected chi connectivity index (χ4v) is 1.55. The molecule has 0 saturated carbocycles. The van der Waals surface area contributed by atoms with Gasteiger partial charge in [-0.2, -0.15) is 0 Å². The van der Waals surface area contributed by atoms with Crippen molar-refractivity contribution < 1.29 is 14.0 Å². The number of halogens is 1. The summed E-state index contributed by atoms with van der Waals surface area (Å²) in [5.74, 6) is -1.09. The highest BCUT2D eigenvalue weighted by Gasteiger charge is 2.17. The van der Waals surface area contributed by atoms with Gasteiger partial charge in [-0.1, -0.05) is 13.8 Å². The fourth-order valence-electron chi connectivity index (χ4n) is 1.55. The Morgan fingerprint density at radius 1 is 1.25 bits per heavy atom. The molecule has 1 unspecified atom stereocenters. The molecule has 0 fully saturated rings. The molecule has 0 aromatic heterocycles. The minimum atomic E-state index is -0.703. The first-order chi connectivity index (χ1) is 9.29. The van der Waals surface area contributed by atoms with Crippen molar-refractivity contribution in [3.63, 3.8) is 0 Å². The van der Waals surface area contributed by atoms with Crippen LogP contribution in [0.1, 0.15) is 31.1 Å². The van der Waals surface area contributed by atoms with E-state index in [2.05, 4.69) is 10.6 Å². The summed E-state index contributed by atoms with van der Waals surface area (Å²) in [4.78, 5) is 23.6. The van der Waals surface area contributed by atoms with Crippen molar-refractivity contribution in [3.8, 4) is 0 Å². The molecule has 1 atom stereocenters. The molecule has 0 radical (unpaired) electrons. The van der Waals surface area contributed by atoms with E-state index in [0.717, 1.165) is 12.1 Å². The van der Waals surface area contributed by atoms with Crippen LogP contribution in [0.2, 0.25) is 0 Å². The number of benzene rings is 1. The van der Waals surface area contributed by atoms with E-state index in [1.807, 2.05) is 13.8 Å². The second-order valence-corrected chi connectivity index (χ2v) is 5.11. The zero-order chi connectivity index (χ0) is 15.3. The minimum absolute atomic E-state index is 0.0889. The molecule has 2 amide bonds. The van der Waals surface area contributed by atoms with E-state index in [1.165, 1.54) is 6.07 Å². The molecule has 0 bridgehead atoms. The van der Waals surface area contributed by atoms with Crippen LogP contribution in [0.25, 0.3) is 0 Å². The molecule has 0 aliphatic carbocycles. The molecule has 0 saturated heterocycles. The minimum Gasteiger partial charge on any atom is -0.399 e. The van der Waals surface area contributed by atoms with Crippen molar-refractivity contribution in [1.29, 1.82) is 0 Å². The van der Waals surface area contributed by atoms with E-state index >= 15 is 0 Å². The van der Waals surface area contributed by atoms with Gasteiger partial charge in [0.05, 0.1) is 0 Å². The van der Waals surface area contributed by atoms with Crippen LogP contribution in [-0.4, -0.2) is 24.4 Å². The van der Waals surface area contributed by atoms with Gasteiger partial charge >= 0.3 is 0 Å². The summed E-state index contributed by atoms with van der Waals surface area (Å²) in [5.41, 5.74) is 5.72. The molecule has 110 valence electrons. The average Bonchev–Trinajstić information content (AvgIpc) is 2.34. The summed E-state index contributed by atoms with van der Waals surface area (Å²) < 4.78 is 13.2. The number of hydrogen-bond acceptors (Lipinski definition) is 3. The van der Waals surface area contributed by atoms with Gasteiger partial charge in [0.1, 0.15) is 11.9 Å². The predicted molar refractivity (Wildman–Crippen MR) is 75.6 cm³/mol. The Hall–Kier alpha value is -2.11. The van der Waals surface area contributed by atoms with Crippen molar-refractivity contribution in [1.82, 2.24) is 10.6 Å². The highest BCUT2D eigenvalue weighted by molar-refractivity contribution is 5.98. The fraction of sp³-hybridized carbons (Fsp3) is 0.429. The van der Waals surface area contributed by atoms with Crippen LogP contribution in [-0.2, 0) is 4.79 Å². The van der Waals surface area contributed by atoms with Crippen LogP contribution in [0.4, 0.5) is 10.1 Å². The second-order valence-electron chi connectivity index (χ2n) is 5.11. The number of amides is 2. The molecule has 0 aliphatic rings. The topological polar surface area (TPSA) is 84.2 Å². The molecule has 1 aromatic rings. The third-order valence-electron chi connectivity index (χ3n) is 2.61. The smallest absolute Gasteiger partial charge is 0.252 e. The number of rotatable bonds is 5. The number of nitrogen functional groups attached to an aromatic ring is 1. The van der Waals surface area contributed by atoms with E-state index in [0.29, 0.717) is 12.5 Å². The predicted octanol–water partition coefficient (Wildman–Crippen LogP) is 1.30. The first kappa shape index (κ1) is 15.9.